The lowest BCUT2D eigenvalue weighted by molar-refractivity contribution is -0.121. The highest BCUT2D eigenvalue weighted by atomic mass is 16.5. The van der Waals surface area contributed by atoms with Gasteiger partial charge in [-0.3, -0.25) is 4.79 Å². The van der Waals surface area contributed by atoms with Crippen LogP contribution in [0.2, 0.25) is 0 Å². The Balaban J connectivity index is 1.87. The van der Waals surface area contributed by atoms with Gasteiger partial charge in [0.2, 0.25) is 11.8 Å². The van der Waals surface area contributed by atoms with E-state index in [0.717, 1.165) is 11.1 Å². The Morgan fingerprint density at radius 3 is 2.68 bits per heavy atom. The number of nitrogens with zero attached hydrogens (tertiary/aromatic N) is 1. The number of nitrogens with one attached hydrogen (secondary N) is 1. The van der Waals surface area contributed by atoms with E-state index in [1.54, 1.807) is 20.4 Å². The molecule has 6 nitrogen and oxygen atoms in total. The molecule has 2 aromatic rings. The van der Waals surface area contributed by atoms with Crippen molar-refractivity contribution in [2.75, 3.05) is 20.8 Å². The van der Waals surface area contributed by atoms with Crippen molar-refractivity contribution < 1.29 is 19.0 Å². The minimum absolute atomic E-state index is 0.0268. The van der Waals surface area contributed by atoms with E-state index in [1.165, 1.54) is 0 Å². The number of ether oxygens (including phenoxy) is 3. The molecule has 1 heterocycles. The monoisotopic (exact) mass is 344 g/mol. The van der Waals surface area contributed by atoms with E-state index in [9.17, 15) is 4.79 Å². The average Bonchev–Trinajstić information content (AvgIpc) is 2.65. The summed E-state index contributed by atoms with van der Waals surface area (Å²) in [7, 11) is 3.19. The summed E-state index contributed by atoms with van der Waals surface area (Å²) in [4.78, 5) is 16.3. The molecule has 0 unspecified atom stereocenters. The maximum Gasteiger partial charge on any atom is 0.220 e. The number of hydrogen-bond donors (Lipinski definition) is 1. The third-order valence-corrected chi connectivity index (χ3v) is 3.70. The number of rotatable bonds is 9. The molecule has 1 N–H and O–H groups in total. The number of aromatic nitrogens is 1. The van der Waals surface area contributed by atoms with Gasteiger partial charge in [0.1, 0.15) is 0 Å². The van der Waals surface area contributed by atoms with Crippen molar-refractivity contribution in [3.8, 4) is 17.4 Å². The van der Waals surface area contributed by atoms with Gasteiger partial charge in [-0.1, -0.05) is 12.1 Å². The number of amides is 1. The van der Waals surface area contributed by atoms with Gasteiger partial charge in [0.05, 0.1) is 20.8 Å². The summed E-state index contributed by atoms with van der Waals surface area (Å²) in [5.74, 6) is 1.87. The fourth-order valence-corrected chi connectivity index (χ4v) is 2.40. The van der Waals surface area contributed by atoms with E-state index >= 15 is 0 Å². The number of carbonyl (C=O) groups is 1. The van der Waals surface area contributed by atoms with Crippen LogP contribution in [0.5, 0.6) is 17.4 Å². The van der Waals surface area contributed by atoms with E-state index in [1.807, 2.05) is 37.3 Å². The zero-order valence-electron chi connectivity index (χ0n) is 14.9. The van der Waals surface area contributed by atoms with Crippen molar-refractivity contribution >= 4 is 5.91 Å². The highest BCUT2D eigenvalue weighted by molar-refractivity contribution is 5.76. The Bertz CT molecular complexity index is 704. The van der Waals surface area contributed by atoms with Crippen molar-refractivity contribution in [2.45, 2.75) is 26.3 Å². The van der Waals surface area contributed by atoms with Crippen LogP contribution >= 0.6 is 0 Å². The predicted octanol–water partition coefficient (Wildman–Crippen LogP) is 2.75. The van der Waals surface area contributed by atoms with Gasteiger partial charge < -0.3 is 19.5 Å². The summed E-state index contributed by atoms with van der Waals surface area (Å²) < 4.78 is 15.9. The standard InChI is InChI=1S/C19H24N2O4/c1-4-25-19-15(6-5-11-20-19)13-21-18(22)10-8-14-7-9-16(23-2)17(12-14)24-3/h5-7,9,11-12H,4,8,10,13H2,1-3H3,(H,21,22). The van der Waals surface area contributed by atoms with Crippen LogP contribution in [0.4, 0.5) is 0 Å². The van der Waals surface area contributed by atoms with Gasteiger partial charge >= 0.3 is 0 Å². The highest BCUT2D eigenvalue weighted by Gasteiger charge is 2.09. The minimum atomic E-state index is -0.0268. The van der Waals surface area contributed by atoms with Crippen molar-refractivity contribution in [3.05, 3.63) is 47.7 Å². The van der Waals surface area contributed by atoms with Gasteiger partial charge in [-0.15, -0.1) is 0 Å². The zero-order valence-corrected chi connectivity index (χ0v) is 14.9. The topological polar surface area (TPSA) is 69.7 Å². The second kappa shape index (κ2) is 9.52. The lowest BCUT2D eigenvalue weighted by Crippen LogP contribution is -2.23. The Morgan fingerprint density at radius 2 is 1.96 bits per heavy atom. The Hall–Kier alpha value is -2.76. The SMILES string of the molecule is CCOc1ncccc1CNC(=O)CCc1ccc(OC)c(OC)c1. The van der Waals surface area contributed by atoms with Crippen LogP contribution in [0.25, 0.3) is 0 Å². The molecule has 0 atom stereocenters. The summed E-state index contributed by atoms with van der Waals surface area (Å²) in [6, 6.07) is 9.39. The quantitative estimate of drug-likeness (QED) is 0.757. The van der Waals surface area contributed by atoms with Crippen LogP contribution in [-0.2, 0) is 17.8 Å². The summed E-state index contributed by atoms with van der Waals surface area (Å²) in [5.41, 5.74) is 1.88. The molecular weight excluding hydrogens is 320 g/mol. The number of aryl methyl sites for hydroxylation is 1. The summed E-state index contributed by atoms with van der Waals surface area (Å²) in [6.45, 7) is 2.84. The smallest absolute Gasteiger partial charge is 0.220 e. The molecular formula is C19H24N2O4. The molecule has 0 saturated carbocycles. The lowest BCUT2D eigenvalue weighted by atomic mass is 10.1. The molecule has 0 fully saturated rings. The molecule has 0 aliphatic rings. The number of methoxy groups -OCH3 is 2. The first-order chi connectivity index (χ1) is 12.2. The molecule has 0 bridgehead atoms. The zero-order chi connectivity index (χ0) is 18.1. The fraction of sp³-hybridized carbons (Fsp3) is 0.368. The van der Waals surface area contributed by atoms with Crippen LogP contribution in [-0.4, -0.2) is 31.7 Å². The second-order valence-electron chi connectivity index (χ2n) is 5.37. The first-order valence-electron chi connectivity index (χ1n) is 8.22. The van der Waals surface area contributed by atoms with Crippen molar-refractivity contribution in [3.63, 3.8) is 0 Å². The van der Waals surface area contributed by atoms with Gasteiger partial charge in [-0.05, 0) is 37.1 Å². The van der Waals surface area contributed by atoms with E-state index < -0.39 is 0 Å². The van der Waals surface area contributed by atoms with Gasteiger partial charge in [0.15, 0.2) is 11.5 Å². The molecule has 0 radical (unpaired) electrons. The van der Waals surface area contributed by atoms with Crippen molar-refractivity contribution in [2.24, 2.45) is 0 Å². The van der Waals surface area contributed by atoms with Crippen molar-refractivity contribution in [1.82, 2.24) is 10.3 Å². The van der Waals surface area contributed by atoms with Gasteiger partial charge in [-0.25, -0.2) is 4.98 Å². The number of carbonyl (C=O) groups excluding carboxylic acids is 1. The highest BCUT2D eigenvalue weighted by Crippen LogP contribution is 2.27. The first kappa shape index (κ1) is 18.6. The molecule has 0 spiro atoms. The molecule has 25 heavy (non-hydrogen) atoms. The molecule has 1 amide bonds. The maximum absolute atomic E-state index is 12.1. The van der Waals surface area contributed by atoms with E-state index in [4.69, 9.17) is 14.2 Å². The molecule has 0 aliphatic carbocycles. The number of benzene rings is 1. The molecule has 1 aromatic carbocycles. The molecule has 134 valence electrons. The molecule has 1 aromatic heterocycles. The Morgan fingerprint density at radius 1 is 1.16 bits per heavy atom. The summed E-state index contributed by atoms with van der Waals surface area (Å²) >= 11 is 0. The van der Waals surface area contributed by atoms with Crippen molar-refractivity contribution in [1.29, 1.82) is 0 Å². The molecule has 0 aliphatic heterocycles. The summed E-state index contributed by atoms with van der Waals surface area (Å²) in [6.07, 6.45) is 2.69. The largest absolute Gasteiger partial charge is 0.493 e. The van der Waals surface area contributed by atoms with Crippen LogP contribution in [0.1, 0.15) is 24.5 Å². The van der Waals surface area contributed by atoms with E-state index in [2.05, 4.69) is 10.3 Å². The molecule has 0 saturated heterocycles. The van der Waals surface area contributed by atoms with Gasteiger partial charge in [-0.2, -0.15) is 0 Å². The van der Waals surface area contributed by atoms with Crippen LogP contribution in [0.3, 0.4) is 0 Å². The van der Waals surface area contributed by atoms with Crippen LogP contribution < -0.4 is 19.5 Å². The second-order valence-corrected chi connectivity index (χ2v) is 5.37. The predicted molar refractivity (Wildman–Crippen MR) is 95.1 cm³/mol. The fourth-order valence-electron chi connectivity index (χ4n) is 2.40. The molecule has 2 rings (SSSR count). The average molecular weight is 344 g/mol. The van der Waals surface area contributed by atoms with E-state index in [0.29, 0.717) is 43.4 Å². The lowest BCUT2D eigenvalue weighted by Gasteiger charge is -2.11. The Kier molecular flexibility index (Phi) is 7.07. The minimum Gasteiger partial charge on any atom is -0.493 e. The molecule has 6 heteroatoms. The normalized spacial score (nSPS) is 10.2. The third-order valence-electron chi connectivity index (χ3n) is 3.70. The van der Waals surface area contributed by atoms with E-state index in [-0.39, 0.29) is 5.91 Å². The Labute approximate surface area is 148 Å². The van der Waals surface area contributed by atoms with Gasteiger partial charge in [0.25, 0.3) is 0 Å². The summed E-state index contributed by atoms with van der Waals surface area (Å²) in [5, 5.41) is 2.90. The number of pyridine rings is 1. The van der Waals surface area contributed by atoms with Crippen LogP contribution in [0.15, 0.2) is 36.5 Å². The first-order valence-corrected chi connectivity index (χ1v) is 8.22. The van der Waals surface area contributed by atoms with Crippen LogP contribution in [0, 0.1) is 0 Å². The maximum atomic E-state index is 12.1. The third kappa shape index (κ3) is 5.38. The van der Waals surface area contributed by atoms with Gasteiger partial charge in [0, 0.05) is 24.7 Å². The number of hydrogen-bond acceptors (Lipinski definition) is 5.